The van der Waals surface area contributed by atoms with Crippen molar-refractivity contribution in [2.75, 3.05) is 18.1 Å². The lowest BCUT2D eigenvalue weighted by Gasteiger charge is -2.29. The van der Waals surface area contributed by atoms with Gasteiger partial charge >= 0.3 is 26.2 Å². The molecule has 0 unspecified atom stereocenters. The van der Waals surface area contributed by atoms with Crippen LogP contribution in [-0.4, -0.2) is 29.0 Å². The van der Waals surface area contributed by atoms with Crippen LogP contribution in [0.5, 0.6) is 11.5 Å². The molecule has 0 atom stereocenters. The summed E-state index contributed by atoms with van der Waals surface area (Å²) in [5.74, 6) is -0.787. The Morgan fingerprint density at radius 2 is 2.19 bits per heavy atom. The predicted molar refractivity (Wildman–Crippen MR) is 80.1 cm³/mol. The molecule has 0 saturated heterocycles. The second kappa shape index (κ2) is 7.41. The number of hydrogen-bond acceptors (Lipinski definition) is 8. The number of nitro benzene ring substituents is 1. The molecule has 1 aromatic carbocycles. The van der Waals surface area contributed by atoms with Gasteiger partial charge in [-0.3, -0.25) is 19.9 Å². The van der Waals surface area contributed by atoms with E-state index in [1.807, 2.05) is 0 Å². The Kier molecular flexibility index (Phi) is 5.23. The van der Waals surface area contributed by atoms with Crippen molar-refractivity contribution < 1.29 is 41.5 Å². The average molecular weight is 447 g/mol. The molecule has 136 valence electrons. The molecule has 10 nitrogen and oxygen atoms in total. The Morgan fingerprint density at radius 1 is 1.42 bits per heavy atom. The fourth-order valence-corrected chi connectivity index (χ4v) is 3.37. The summed E-state index contributed by atoms with van der Waals surface area (Å²) in [6.07, 6.45) is 2.93. The summed E-state index contributed by atoms with van der Waals surface area (Å²) in [6.45, 7) is 0.438. The maximum atomic E-state index is 12.8. The van der Waals surface area contributed by atoms with Gasteiger partial charge in [-0.2, -0.15) is 0 Å². The van der Waals surface area contributed by atoms with Crippen LogP contribution in [0, 0.1) is 24.9 Å². The molecule has 3 rings (SSSR count). The molecule has 1 aliphatic heterocycles. The lowest BCUT2D eigenvalue weighted by molar-refractivity contribution is -1.62. The summed E-state index contributed by atoms with van der Waals surface area (Å²) in [6, 6.07) is 3.61. The first-order chi connectivity index (χ1) is 12.4. The number of fused-ring (bicyclic) bond motifs is 1. The van der Waals surface area contributed by atoms with Crippen molar-refractivity contribution in [1.82, 2.24) is 4.98 Å². The van der Waals surface area contributed by atoms with Crippen LogP contribution in [0.4, 0.5) is 11.4 Å². The van der Waals surface area contributed by atoms with E-state index in [1.165, 1.54) is 17.3 Å². The van der Waals surface area contributed by atoms with Crippen molar-refractivity contribution in [2.24, 2.45) is 0 Å². The number of amides is 1. The number of anilines is 1. The SMILES string of the molecule is O=C(c1cc(Cl)c(O[Br+2]([O-])[O-])c([N+](=O)[O-])c1)N1CCOc2cnccc21. The minimum atomic E-state index is -3.79. The van der Waals surface area contributed by atoms with E-state index < -0.39 is 37.1 Å². The van der Waals surface area contributed by atoms with E-state index in [0.29, 0.717) is 11.4 Å². The molecule has 0 bridgehead atoms. The van der Waals surface area contributed by atoms with Gasteiger partial charge in [0.1, 0.15) is 11.6 Å². The largest absolute Gasteiger partial charge is 0.501 e. The first-order valence-electron chi connectivity index (χ1n) is 6.99. The van der Waals surface area contributed by atoms with Crippen LogP contribution in [-0.2, 0) is 0 Å². The first kappa shape index (κ1) is 18.3. The van der Waals surface area contributed by atoms with Gasteiger partial charge in [-0.1, -0.05) is 11.6 Å². The average Bonchev–Trinajstić information content (AvgIpc) is 2.61. The molecule has 0 fully saturated rings. The molecule has 0 N–H and O–H groups in total. The van der Waals surface area contributed by atoms with E-state index in [2.05, 4.69) is 8.81 Å². The Hall–Kier alpha value is -2.47. The number of hydrogen-bond donors (Lipinski definition) is 0. The molecule has 2 heterocycles. The molecule has 12 heteroatoms. The highest BCUT2D eigenvalue weighted by Crippen LogP contribution is 2.38. The molecule has 1 amide bonds. The summed E-state index contributed by atoms with van der Waals surface area (Å²) in [5, 5.41) is 10.9. The van der Waals surface area contributed by atoms with Gasteiger partial charge in [0.05, 0.1) is 23.4 Å². The Bertz CT molecular complexity index is 880. The van der Waals surface area contributed by atoms with Gasteiger partial charge in [0.15, 0.2) is 5.75 Å². The number of nitrogens with zero attached hydrogens (tertiary/aromatic N) is 3. The van der Waals surface area contributed by atoms with Gasteiger partial charge < -0.3 is 18.0 Å². The molecular weight excluding hydrogens is 438 g/mol. The molecule has 0 radical (unpaired) electrons. The van der Waals surface area contributed by atoms with Crippen molar-refractivity contribution in [3.63, 3.8) is 0 Å². The molecular formula is C14H9BrClN3O7. The standard InChI is InChI=1S/C14H9BrClN3O7/c16-9-5-8(6-11(19(23)24)13(9)26-15(21)22)14(20)18-3-4-25-12-7-17-2-1-10(12)18/h1-2,5-7H,3-4H2. The lowest BCUT2D eigenvalue weighted by Crippen LogP contribution is -2.38. The van der Waals surface area contributed by atoms with Crippen LogP contribution in [0.25, 0.3) is 0 Å². The van der Waals surface area contributed by atoms with Crippen LogP contribution in [0.3, 0.4) is 0 Å². The molecule has 2 aromatic rings. The lowest BCUT2D eigenvalue weighted by atomic mass is 10.1. The number of ether oxygens (including phenoxy) is 1. The summed E-state index contributed by atoms with van der Waals surface area (Å²) < 4.78 is 31.4. The molecule has 26 heavy (non-hydrogen) atoms. The maximum absolute atomic E-state index is 12.8. The highest BCUT2D eigenvalue weighted by Gasteiger charge is 2.32. The van der Waals surface area contributed by atoms with Gasteiger partial charge in [-0.15, -0.1) is 3.83 Å². The topological polar surface area (TPSA) is 141 Å². The minimum Gasteiger partial charge on any atom is -0.488 e. The number of pyridine rings is 1. The third-order valence-electron chi connectivity index (χ3n) is 3.48. The molecule has 1 aromatic heterocycles. The van der Waals surface area contributed by atoms with Crippen LogP contribution < -0.4 is 21.9 Å². The third kappa shape index (κ3) is 3.55. The van der Waals surface area contributed by atoms with E-state index in [0.717, 1.165) is 12.1 Å². The third-order valence-corrected chi connectivity index (χ3v) is 4.35. The zero-order chi connectivity index (χ0) is 18.8. The number of carbonyl (C=O) groups excluding carboxylic acids is 1. The van der Waals surface area contributed by atoms with Gasteiger partial charge in [0.2, 0.25) is 0 Å². The highest BCUT2D eigenvalue weighted by molar-refractivity contribution is 6.33. The molecule has 0 aliphatic carbocycles. The van der Waals surface area contributed by atoms with E-state index in [4.69, 9.17) is 16.3 Å². The fraction of sp³-hybridized carbons (Fsp3) is 0.143. The van der Waals surface area contributed by atoms with Crippen molar-refractivity contribution in [3.8, 4) is 11.5 Å². The summed E-state index contributed by atoms with van der Waals surface area (Å²) in [4.78, 5) is 28.5. The zero-order valence-electron chi connectivity index (χ0n) is 12.8. The number of halogens is 2. The molecule has 0 spiro atoms. The molecule has 0 saturated carbocycles. The van der Waals surface area contributed by atoms with Gasteiger partial charge in [-0.05, 0) is 12.1 Å². The number of rotatable bonds is 4. The Morgan fingerprint density at radius 3 is 2.88 bits per heavy atom. The van der Waals surface area contributed by atoms with Gasteiger partial charge in [0.25, 0.3) is 5.91 Å². The second-order valence-electron chi connectivity index (χ2n) is 4.98. The summed E-state index contributed by atoms with van der Waals surface area (Å²) >= 11 is 2.12. The van der Waals surface area contributed by atoms with E-state index in [9.17, 15) is 23.3 Å². The Balaban J connectivity index is 2.02. The number of carbonyl (C=O) groups is 1. The predicted octanol–water partition coefficient (Wildman–Crippen LogP) is 0.147. The zero-order valence-corrected chi connectivity index (χ0v) is 15.1. The van der Waals surface area contributed by atoms with E-state index in [1.54, 1.807) is 6.07 Å². The summed E-state index contributed by atoms with van der Waals surface area (Å²) in [5.41, 5.74) is -0.358. The maximum Gasteiger partial charge on any atom is 0.501 e. The summed E-state index contributed by atoms with van der Waals surface area (Å²) in [7, 11) is 0. The van der Waals surface area contributed by atoms with Crippen LogP contribution in [0.1, 0.15) is 10.4 Å². The van der Waals surface area contributed by atoms with Crippen molar-refractivity contribution in [2.45, 2.75) is 0 Å². The van der Waals surface area contributed by atoms with E-state index >= 15 is 0 Å². The second-order valence-corrected chi connectivity index (χ2v) is 6.50. The van der Waals surface area contributed by atoms with Crippen LogP contribution in [0.15, 0.2) is 30.6 Å². The fourth-order valence-electron chi connectivity index (χ4n) is 2.42. The molecule has 1 aliphatic rings. The van der Waals surface area contributed by atoms with Gasteiger partial charge in [-0.25, -0.2) is 0 Å². The van der Waals surface area contributed by atoms with Gasteiger partial charge in [0, 0.05) is 17.8 Å². The van der Waals surface area contributed by atoms with Crippen molar-refractivity contribution in [1.29, 1.82) is 0 Å². The number of nitro groups is 1. The normalized spacial score (nSPS) is 13.2. The van der Waals surface area contributed by atoms with Crippen LogP contribution >= 0.6 is 11.6 Å². The van der Waals surface area contributed by atoms with Crippen molar-refractivity contribution in [3.05, 3.63) is 51.3 Å². The monoisotopic (exact) mass is 445 g/mol. The van der Waals surface area contributed by atoms with Crippen molar-refractivity contribution >= 4 is 28.9 Å². The quantitative estimate of drug-likeness (QED) is 0.477. The number of benzene rings is 1. The smallest absolute Gasteiger partial charge is 0.488 e. The first-order valence-corrected chi connectivity index (χ1v) is 9.31. The Labute approximate surface area is 156 Å². The number of aromatic nitrogens is 1. The van der Waals surface area contributed by atoms with E-state index in [-0.39, 0.29) is 23.7 Å². The minimum absolute atomic E-state index is 0.0930. The highest BCUT2D eigenvalue weighted by atomic mass is 80.0. The van der Waals surface area contributed by atoms with Crippen LogP contribution in [0.2, 0.25) is 5.02 Å².